The molecule has 1 aliphatic rings. The molecule has 0 aliphatic heterocycles. The molecule has 1 saturated carbocycles. The predicted molar refractivity (Wildman–Crippen MR) is 50.4 cm³/mol. The Morgan fingerprint density at radius 1 is 1.62 bits per heavy atom. The second-order valence-electron chi connectivity index (χ2n) is 3.22. The maximum Gasteiger partial charge on any atom is 0.355 e. The summed E-state index contributed by atoms with van der Waals surface area (Å²) in [6.45, 7) is 0. The van der Waals surface area contributed by atoms with Gasteiger partial charge in [-0.15, -0.1) is 12.6 Å². The number of rotatable bonds is 2. The Balaban J connectivity index is 2.36. The minimum Gasteiger partial charge on any atom is -0.476 e. The zero-order valence-electron chi connectivity index (χ0n) is 6.90. The molecule has 0 spiro atoms. The summed E-state index contributed by atoms with van der Waals surface area (Å²) in [5.41, 5.74) is 1.14. The molecular weight excluding hydrogens is 186 g/mol. The summed E-state index contributed by atoms with van der Waals surface area (Å²) in [5.74, 6) is -0.436. The minimum atomic E-state index is -1.02. The van der Waals surface area contributed by atoms with Crippen molar-refractivity contribution in [3.8, 4) is 0 Å². The van der Waals surface area contributed by atoms with Crippen molar-refractivity contribution in [3.05, 3.63) is 23.5 Å². The Hall–Kier alpha value is -1.03. The van der Waals surface area contributed by atoms with Gasteiger partial charge >= 0.3 is 5.97 Å². The van der Waals surface area contributed by atoms with Gasteiger partial charge < -0.3 is 5.11 Å². The van der Waals surface area contributed by atoms with Crippen molar-refractivity contribution in [3.63, 3.8) is 0 Å². The molecule has 0 amide bonds. The summed E-state index contributed by atoms with van der Waals surface area (Å²) in [7, 11) is 0. The largest absolute Gasteiger partial charge is 0.476 e. The summed E-state index contributed by atoms with van der Waals surface area (Å²) < 4.78 is 0. The zero-order valence-corrected chi connectivity index (χ0v) is 7.79. The number of carboxylic acids is 1. The molecule has 1 fully saturated rings. The smallest absolute Gasteiger partial charge is 0.355 e. The van der Waals surface area contributed by atoms with E-state index in [1.165, 1.54) is 12.8 Å². The molecule has 13 heavy (non-hydrogen) atoms. The molecule has 0 atom stereocenters. The number of nitrogens with zero attached hydrogens (tertiary/aromatic N) is 1. The fraction of sp³-hybridized carbons (Fsp3) is 0.333. The van der Waals surface area contributed by atoms with Crippen LogP contribution in [0.3, 0.4) is 0 Å². The first-order valence-corrected chi connectivity index (χ1v) is 4.55. The van der Waals surface area contributed by atoms with Crippen LogP contribution in [0.15, 0.2) is 17.2 Å². The summed E-state index contributed by atoms with van der Waals surface area (Å²) in [4.78, 5) is 14.9. The van der Waals surface area contributed by atoms with Crippen LogP contribution in [0.1, 0.15) is 34.8 Å². The van der Waals surface area contributed by atoms with E-state index in [0.717, 1.165) is 5.56 Å². The van der Waals surface area contributed by atoms with Gasteiger partial charge in [-0.25, -0.2) is 9.78 Å². The summed E-state index contributed by atoms with van der Waals surface area (Å²) in [6.07, 6.45) is 4.00. The lowest BCUT2D eigenvalue weighted by Crippen LogP contribution is -2.02. The van der Waals surface area contributed by atoms with Crippen LogP contribution >= 0.6 is 12.6 Å². The van der Waals surface area contributed by atoms with Crippen molar-refractivity contribution in [2.75, 3.05) is 0 Å². The maximum atomic E-state index is 10.6. The first-order chi connectivity index (χ1) is 6.18. The first kappa shape index (κ1) is 8.56. The van der Waals surface area contributed by atoms with E-state index in [-0.39, 0.29) is 5.69 Å². The second kappa shape index (κ2) is 3.03. The Kier molecular flexibility index (Phi) is 2.00. The van der Waals surface area contributed by atoms with Crippen molar-refractivity contribution in [1.82, 2.24) is 4.98 Å². The summed E-state index contributed by atoms with van der Waals surface area (Å²) in [5, 5.41) is 8.70. The van der Waals surface area contributed by atoms with Crippen LogP contribution in [0, 0.1) is 0 Å². The van der Waals surface area contributed by atoms with Crippen LogP contribution in [0.4, 0.5) is 0 Å². The van der Waals surface area contributed by atoms with E-state index in [4.69, 9.17) is 5.11 Å². The minimum absolute atomic E-state index is 0.0349. The van der Waals surface area contributed by atoms with Gasteiger partial charge in [0.1, 0.15) is 0 Å². The molecule has 68 valence electrons. The van der Waals surface area contributed by atoms with Gasteiger partial charge in [-0.1, -0.05) is 0 Å². The quantitative estimate of drug-likeness (QED) is 0.709. The Labute approximate surface area is 81.2 Å². The number of carboxylic acid groups (broad SMARTS) is 1. The molecule has 1 aromatic heterocycles. The molecule has 1 heterocycles. The fourth-order valence-electron chi connectivity index (χ4n) is 1.27. The van der Waals surface area contributed by atoms with E-state index < -0.39 is 5.97 Å². The number of pyridine rings is 1. The van der Waals surface area contributed by atoms with E-state index in [1.54, 1.807) is 12.3 Å². The van der Waals surface area contributed by atoms with Crippen molar-refractivity contribution in [2.24, 2.45) is 0 Å². The first-order valence-electron chi connectivity index (χ1n) is 4.10. The molecule has 2 rings (SSSR count). The average Bonchev–Trinajstić information content (AvgIpc) is 2.85. The van der Waals surface area contributed by atoms with Crippen LogP contribution in [0.25, 0.3) is 0 Å². The highest BCUT2D eigenvalue weighted by Crippen LogP contribution is 2.40. The highest BCUT2D eigenvalue weighted by Gasteiger charge is 2.24. The third kappa shape index (κ3) is 1.67. The summed E-state index contributed by atoms with van der Waals surface area (Å²) >= 11 is 4.09. The van der Waals surface area contributed by atoms with Crippen LogP contribution in [0.2, 0.25) is 0 Å². The molecule has 0 bridgehead atoms. The molecule has 0 aromatic carbocycles. The van der Waals surface area contributed by atoms with Crippen LogP contribution in [0.5, 0.6) is 0 Å². The number of thiol groups is 1. The normalized spacial score (nSPS) is 15.8. The lowest BCUT2D eigenvalue weighted by molar-refractivity contribution is 0.0686. The van der Waals surface area contributed by atoms with Crippen LogP contribution < -0.4 is 0 Å². The average molecular weight is 195 g/mol. The highest BCUT2D eigenvalue weighted by atomic mass is 32.1. The van der Waals surface area contributed by atoms with Gasteiger partial charge in [-0.2, -0.15) is 0 Å². The Morgan fingerprint density at radius 3 is 2.77 bits per heavy atom. The van der Waals surface area contributed by atoms with Gasteiger partial charge in [0.25, 0.3) is 0 Å². The van der Waals surface area contributed by atoms with Crippen LogP contribution in [-0.4, -0.2) is 16.1 Å². The Bertz CT molecular complexity index is 361. The molecule has 1 aliphatic carbocycles. The molecule has 4 heteroatoms. The maximum absolute atomic E-state index is 10.6. The number of hydrogen-bond acceptors (Lipinski definition) is 3. The molecule has 0 radical (unpaired) electrons. The van der Waals surface area contributed by atoms with Gasteiger partial charge in [0.05, 0.1) is 0 Å². The number of aromatic carboxylic acids is 1. The standard InChI is InChI=1S/C9H9NO2S/c11-9(12)8-7(13)3-6(4-10-8)5-1-2-5/h3-5,13H,1-2H2,(H,11,12). The Morgan fingerprint density at radius 2 is 2.31 bits per heavy atom. The topological polar surface area (TPSA) is 50.2 Å². The number of aromatic nitrogens is 1. The molecule has 3 nitrogen and oxygen atoms in total. The highest BCUT2D eigenvalue weighted by molar-refractivity contribution is 7.80. The van der Waals surface area contributed by atoms with Gasteiger partial charge in [0.2, 0.25) is 0 Å². The van der Waals surface area contributed by atoms with E-state index in [9.17, 15) is 4.79 Å². The number of carbonyl (C=O) groups is 1. The van der Waals surface area contributed by atoms with Crippen LogP contribution in [-0.2, 0) is 0 Å². The lowest BCUT2D eigenvalue weighted by Gasteiger charge is -2.01. The molecule has 1 aromatic rings. The number of hydrogen-bond donors (Lipinski definition) is 2. The molecule has 0 saturated heterocycles. The van der Waals surface area contributed by atoms with E-state index in [2.05, 4.69) is 17.6 Å². The summed E-state index contributed by atoms with van der Waals surface area (Å²) in [6, 6.07) is 1.80. The van der Waals surface area contributed by atoms with Gasteiger partial charge in [0, 0.05) is 11.1 Å². The molecule has 1 N–H and O–H groups in total. The monoisotopic (exact) mass is 195 g/mol. The lowest BCUT2D eigenvalue weighted by atomic mass is 10.2. The molecular formula is C9H9NO2S. The van der Waals surface area contributed by atoms with Gasteiger partial charge in [0.15, 0.2) is 5.69 Å². The third-order valence-electron chi connectivity index (χ3n) is 2.14. The third-order valence-corrected chi connectivity index (χ3v) is 2.48. The van der Waals surface area contributed by atoms with Crippen molar-refractivity contribution in [2.45, 2.75) is 23.7 Å². The van der Waals surface area contributed by atoms with Crippen molar-refractivity contribution < 1.29 is 9.90 Å². The van der Waals surface area contributed by atoms with E-state index >= 15 is 0 Å². The molecule has 0 unspecified atom stereocenters. The zero-order chi connectivity index (χ0) is 9.42. The van der Waals surface area contributed by atoms with Crippen molar-refractivity contribution in [1.29, 1.82) is 0 Å². The van der Waals surface area contributed by atoms with E-state index in [1.807, 2.05) is 0 Å². The second-order valence-corrected chi connectivity index (χ2v) is 3.70. The SMILES string of the molecule is O=C(O)c1ncc(C2CC2)cc1S. The van der Waals surface area contributed by atoms with Crippen molar-refractivity contribution >= 4 is 18.6 Å². The predicted octanol–water partition coefficient (Wildman–Crippen LogP) is 1.95. The fourth-order valence-corrected chi connectivity index (χ4v) is 1.58. The van der Waals surface area contributed by atoms with E-state index in [0.29, 0.717) is 10.8 Å². The van der Waals surface area contributed by atoms with Gasteiger partial charge in [-0.3, -0.25) is 0 Å². The van der Waals surface area contributed by atoms with Gasteiger partial charge in [-0.05, 0) is 30.4 Å².